The average Bonchev–Trinajstić information content (AvgIpc) is 2.65. The second kappa shape index (κ2) is 9.57. The summed E-state index contributed by atoms with van der Waals surface area (Å²) in [7, 11) is 0. The highest BCUT2D eigenvalue weighted by atomic mass is 32.2. The predicted molar refractivity (Wildman–Crippen MR) is 97.7 cm³/mol. The first-order chi connectivity index (χ1) is 12.5. The molecule has 2 rings (SSSR count). The largest absolute Gasteiger partial charge is 0.455 e. The quantitative estimate of drug-likeness (QED) is 0.330. The van der Waals surface area contributed by atoms with E-state index in [1.54, 1.807) is 19.1 Å². The number of benzene rings is 2. The molecule has 0 heterocycles. The lowest BCUT2D eigenvalue weighted by Gasteiger charge is -2.11. The molecule has 7 nitrogen and oxygen atoms in total. The van der Waals surface area contributed by atoms with E-state index in [2.05, 4.69) is 5.32 Å². The first-order valence-electron chi connectivity index (χ1n) is 7.84. The number of carbonyl (C=O) groups is 2. The van der Waals surface area contributed by atoms with Crippen molar-refractivity contribution in [3.8, 4) is 0 Å². The Balaban J connectivity index is 1.74. The Bertz CT molecular complexity index is 765. The van der Waals surface area contributed by atoms with Crippen molar-refractivity contribution in [2.75, 3.05) is 6.61 Å². The first-order valence-corrected chi connectivity index (χ1v) is 8.72. The number of hydrogen-bond donors (Lipinski definition) is 1. The lowest BCUT2D eigenvalue weighted by Crippen LogP contribution is -2.30. The third-order valence-corrected chi connectivity index (χ3v) is 4.46. The number of nitro benzene ring substituents is 1. The van der Waals surface area contributed by atoms with E-state index in [1.165, 1.54) is 23.9 Å². The van der Waals surface area contributed by atoms with Gasteiger partial charge in [-0.25, -0.2) is 0 Å². The highest BCUT2D eigenvalue weighted by Gasteiger charge is 2.18. The van der Waals surface area contributed by atoms with Gasteiger partial charge >= 0.3 is 5.97 Å². The average molecular weight is 374 g/mol. The van der Waals surface area contributed by atoms with Crippen LogP contribution in [0.2, 0.25) is 0 Å². The summed E-state index contributed by atoms with van der Waals surface area (Å²) in [5.41, 5.74) is 0.939. The number of carbonyl (C=O) groups excluding carboxylic acids is 2. The Kier molecular flexibility index (Phi) is 7.16. The molecule has 136 valence electrons. The van der Waals surface area contributed by atoms with Crippen LogP contribution in [0.25, 0.3) is 0 Å². The van der Waals surface area contributed by atoms with Gasteiger partial charge in [-0.1, -0.05) is 30.3 Å². The van der Waals surface area contributed by atoms with Crippen molar-refractivity contribution >= 4 is 29.3 Å². The Morgan fingerprint density at radius 1 is 1.15 bits per heavy atom. The van der Waals surface area contributed by atoms with Gasteiger partial charge in [0.1, 0.15) is 5.25 Å². The summed E-state index contributed by atoms with van der Waals surface area (Å²) in [6, 6.07) is 15.3. The van der Waals surface area contributed by atoms with Gasteiger partial charge < -0.3 is 10.1 Å². The second-order valence-electron chi connectivity index (χ2n) is 5.38. The molecule has 0 aliphatic carbocycles. The summed E-state index contributed by atoms with van der Waals surface area (Å²) in [5.74, 6) is -0.905. The summed E-state index contributed by atoms with van der Waals surface area (Å²) < 4.78 is 5.01. The molecular formula is C18H18N2O5S. The fourth-order valence-corrected chi connectivity index (χ4v) is 2.87. The summed E-state index contributed by atoms with van der Waals surface area (Å²) in [4.78, 5) is 34.6. The van der Waals surface area contributed by atoms with E-state index in [9.17, 15) is 19.7 Å². The minimum absolute atomic E-state index is 0.0142. The van der Waals surface area contributed by atoms with Gasteiger partial charge in [-0.15, -0.1) is 11.8 Å². The molecule has 1 atom stereocenters. The molecule has 0 radical (unpaired) electrons. The molecule has 1 N–H and O–H groups in total. The number of nitro groups is 1. The molecule has 26 heavy (non-hydrogen) atoms. The van der Waals surface area contributed by atoms with Crippen molar-refractivity contribution < 1.29 is 19.2 Å². The van der Waals surface area contributed by atoms with Gasteiger partial charge in [0.25, 0.3) is 11.6 Å². The maximum absolute atomic E-state index is 12.0. The molecule has 0 saturated heterocycles. The van der Waals surface area contributed by atoms with Crippen LogP contribution in [0.5, 0.6) is 0 Å². The number of rotatable bonds is 8. The molecule has 0 spiro atoms. The maximum atomic E-state index is 12.0. The van der Waals surface area contributed by atoms with E-state index in [4.69, 9.17) is 4.74 Å². The third-order valence-electron chi connectivity index (χ3n) is 3.37. The zero-order valence-electron chi connectivity index (χ0n) is 14.1. The van der Waals surface area contributed by atoms with Crippen LogP contribution in [0.15, 0.2) is 59.5 Å². The third kappa shape index (κ3) is 6.21. The predicted octanol–water partition coefficient (Wildman–Crippen LogP) is 2.94. The number of thioether (sulfide) groups is 1. The van der Waals surface area contributed by atoms with E-state index in [1.807, 2.05) is 30.3 Å². The van der Waals surface area contributed by atoms with Gasteiger partial charge in [0, 0.05) is 23.6 Å². The van der Waals surface area contributed by atoms with Crippen molar-refractivity contribution in [1.82, 2.24) is 5.32 Å². The fourth-order valence-electron chi connectivity index (χ4n) is 2.00. The highest BCUT2D eigenvalue weighted by molar-refractivity contribution is 8.00. The van der Waals surface area contributed by atoms with E-state index in [0.29, 0.717) is 11.4 Å². The van der Waals surface area contributed by atoms with Crippen molar-refractivity contribution in [2.45, 2.75) is 23.6 Å². The number of nitrogens with zero attached hydrogens (tertiary/aromatic N) is 1. The van der Waals surface area contributed by atoms with Crippen LogP contribution in [0.3, 0.4) is 0 Å². The molecule has 0 unspecified atom stereocenters. The van der Waals surface area contributed by atoms with Crippen LogP contribution >= 0.6 is 11.8 Å². The van der Waals surface area contributed by atoms with Crippen molar-refractivity contribution in [3.05, 3.63) is 70.3 Å². The molecular weight excluding hydrogens is 356 g/mol. The number of esters is 1. The number of amides is 1. The van der Waals surface area contributed by atoms with Crippen LogP contribution < -0.4 is 5.32 Å². The zero-order valence-corrected chi connectivity index (χ0v) is 14.9. The van der Waals surface area contributed by atoms with Gasteiger partial charge in [0.15, 0.2) is 6.61 Å². The second-order valence-corrected chi connectivity index (χ2v) is 6.80. The molecule has 0 bridgehead atoms. The van der Waals surface area contributed by atoms with Crippen LogP contribution in [0, 0.1) is 10.1 Å². The van der Waals surface area contributed by atoms with Crippen LogP contribution in [-0.4, -0.2) is 28.7 Å². The maximum Gasteiger partial charge on any atom is 0.319 e. The van der Waals surface area contributed by atoms with Crippen molar-refractivity contribution in [1.29, 1.82) is 0 Å². The fraction of sp³-hybridized carbons (Fsp3) is 0.222. The molecule has 0 saturated carbocycles. The lowest BCUT2D eigenvalue weighted by atomic mass is 10.2. The molecule has 0 aliphatic heterocycles. The summed E-state index contributed by atoms with van der Waals surface area (Å²) >= 11 is 1.21. The monoisotopic (exact) mass is 374 g/mol. The zero-order chi connectivity index (χ0) is 18.9. The Hall–Kier alpha value is -2.87. The summed E-state index contributed by atoms with van der Waals surface area (Å²) in [6.45, 7) is 1.66. The van der Waals surface area contributed by atoms with Crippen LogP contribution in [-0.2, 0) is 20.9 Å². The summed E-state index contributed by atoms with van der Waals surface area (Å²) in [6.07, 6.45) is 0. The molecule has 8 heteroatoms. The molecule has 2 aromatic carbocycles. The lowest BCUT2D eigenvalue weighted by molar-refractivity contribution is -0.384. The Morgan fingerprint density at radius 2 is 1.81 bits per heavy atom. The van der Waals surface area contributed by atoms with Crippen molar-refractivity contribution in [3.63, 3.8) is 0 Å². The van der Waals surface area contributed by atoms with Gasteiger partial charge in [0.2, 0.25) is 0 Å². The van der Waals surface area contributed by atoms with E-state index in [-0.39, 0.29) is 18.2 Å². The van der Waals surface area contributed by atoms with Gasteiger partial charge in [-0.3, -0.25) is 19.7 Å². The van der Waals surface area contributed by atoms with E-state index in [0.717, 1.165) is 5.56 Å². The summed E-state index contributed by atoms with van der Waals surface area (Å²) in [5, 5.41) is 12.8. The Morgan fingerprint density at radius 3 is 2.42 bits per heavy atom. The van der Waals surface area contributed by atoms with Gasteiger partial charge in [-0.05, 0) is 24.6 Å². The smallest absolute Gasteiger partial charge is 0.319 e. The molecule has 0 fully saturated rings. The molecule has 1 amide bonds. The SMILES string of the molecule is C[C@H](Sc1ccc([N+](=O)[O-])cc1)C(=O)OCC(=O)NCc1ccccc1. The number of hydrogen-bond acceptors (Lipinski definition) is 6. The minimum atomic E-state index is -0.543. The highest BCUT2D eigenvalue weighted by Crippen LogP contribution is 2.25. The normalized spacial score (nSPS) is 11.4. The van der Waals surface area contributed by atoms with E-state index < -0.39 is 16.1 Å². The number of nitrogens with one attached hydrogen (secondary N) is 1. The minimum Gasteiger partial charge on any atom is -0.455 e. The molecule has 2 aromatic rings. The van der Waals surface area contributed by atoms with Gasteiger partial charge in [0.05, 0.1) is 4.92 Å². The number of non-ortho nitro benzene ring substituents is 1. The van der Waals surface area contributed by atoms with E-state index >= 15 is 0 Å². The van der Waals surface area contributed by atoms with Crippen LogP contribution in [0.4, 0.5) is 5.69 Å². The molecule has 0 aliphatic rings. The van der Waals surface area contributed by atoms with Crippen LogP contribution in [0.1, 0.15) is 12.5 Å². The first kappa shape index (κ1) is 19.5. The van der Waals surface area contributed by atoms with Crippen molar-refractivity contribution in [2.24, 2.45) is 0 Å². The topological polar surface area (TPSA) is 98.5 Å². The standard InChI is InChI=1S/C18H18N2O5S/c1-13(26-16-9-7-15(8-10-16)20(23)24)18(22)25-12-17(21)19-11-14-5-3-2-4-6-14/h2-10,13H,11-12H2,1H3,(H,19,21)/t13-/m0/s1. The number of ether oxygens (including phenoxy) is 1. The molecule has 0 aromatic heterocycles. The Labute approximate surface area is 154 Å². The van der Waals surface area contributed by atoms with Gasteiger partial charge in [-0.2, -0.15) is 0 Å².